The van der Waals surface area contributed by atoms with E-state index in [-0.39, 0.29) is 5.91 Å². The van der Waals surface area contributed by atoms with Crippen LogP contribution >= 0.6 is 11.6 Å². The van der Waals surface area contributed by atoms with E-state index in [0.717, 1.165) is 35.7 Å². The highest BCUT2D eigenvalue weighted by molar-refractivity contribution is 6.31. The molecular formula is C19H24ClN3O. The quantitative estimate of drug-likeness (QED) is 0.815. The van der Waals surface area contributed by atoms with Crippen LogP contribution in [0.2, 0.25) is 5.02 Å². The van der Waals surface area contributed by atoms with Crippen molar-refractivity contribution in [1.29, 1.82) is 0 Å². The van der Waals surface area contributed by atoms with Gasteiger partial charge in [-0.1, -0.05) is 25.4 Å². The summed E-state index contributed by atoms with van der Waals surface area (Å²) < 4.78 is 1.82. The van der Waals surface area contributed by atoms with Gasteiger partial charge in [-0.25, -0.2) is 4.68 Å². The first-order valence-corrected chi connectivity index (χ1v) is 8.86. The largest absolute Gasteiger partial charge is 0.338 e. The van der Waals surface area contributed by atoms with Gasteiger partial charge < -0.3 is 4.90 Å². The number of piperidine rings is 1. The molecule has 1 fully saturated rings. The Balaban J connectivity index is 1.81. The molecule has 3 rings (SSSR count). The van der Waals surface area contributed by atoms with Crippen LogP contribution in [0.15, 0.2) is 24.3 Å². The zero-order valence-corrected chi connectivity index (χ0v) is 15.5. The first kappa shape index (κ1) is 17.0. The molecule has 5 heteroatoms. The molecule has 0 radical (unpaired) electrons. The van der Waals surface area contributed by atoms with Crippen molar-refractivity contribution in [2.45, 2.75) is 34.1 Å². The van der Waals surface area contributed by atoms with Crippen molar-refractivity contribution in [3.63, 3.8) is 0 Å². The second-order valence-corrected chi connectivity index (χ2v) is 7.48. The van der Waals surface area contributed by atoms with Crippen LogP contribution < -0.4 is 0 Å². The van der Waals surface area contributed by atoms with Crippen LogP contribution in [0.4, 0.5) is 0 Å². The van der Waals surface area contributed by atoms with Gasteiger partial charge in [0.05, 0.1) is 22.1 Å². The number of aromatic nitrogens is 2. The highest BCUT2D eigenvalue weighted by Crippen LogP contribution is 2.24. The highest BCUT2D eigenvalue weighted by atomic mass is 35.5. The van der Waals surface area contributed by atoms with Crippen molar-refractivity contribution in [1.82, 2.24) is 14.7 Å². The van der Waals surface area contributed by atoms with Gasteiger partial charge >= 0.3 is 0 Å². The van der Waals surface area contributed by atoms with Gasteiger partial charge in [-0.3, -0.25) is 4.79 Å². The molecule has 2 heterocycles. The fourth-order valence-electron chi connectivity index (χ4n) is 3.63. The Morgan fingerprint density at radius 1 is 1.12 bits per heavy atom. The third kappa shape index (κ3) is 3.20. The number of hydrogen-bond donors (Lipinski definition) is 0. The molecule has 1 amide bonds. The smallest absolute Gasteiger partial charge is 0.253 e. The number of halogens is 1. The van der Waals surface area contributed by atoms with Gasteiger partial charge in [-0.15, -0.1) is 0 Å². The standard InChI is InChI=1S/C19H24ClN3O/c1-12-9-13(2)11-22(10-12)19(24)16-5-7-17(8-6-16)23-15(4)18(20)14(3)21-23/h5-8,12-13H,9-11H2,1-4H3/t12-,13-/m0/s1. The fourth-order valence-corrected chi connectivity index (χ4v) is 3.75. The summed E-state index contributed by atoms with van der Waals surface area (Å²) in [7, 11) is 0. The molecule has 4 nitrogen and oxygen atoms in total. The molecule has 1 aliphatic rings. The Bertz CT molecular complexity index is 741. The van der Waals surface area contributed by atoms with Gasteiger partial charge in [0.1, 0.15) is 0 Å². The number of likely N-dealkylation sites (tertiary alicyclic amines) is 1. The molecular weight excluding hydrogens is 322 g/mol. The van der Waals surface area contributed by atoms with Crippen LogP contribution in [-0.2, 0) is 0 Å². The van der Waals surface area contributed by atoms with E-state index in [1.807, 2.05) is 47.7 Å². The maximum absolute atomic E-state index is 12.7. The van der Waals surface area contributed by atoms with Crippen LogP contribution in [0.3, 0.4) is 0 Å². The predicted molar refractivity (Wildman–Crippen MR) is 96.9 cm³/mol. The van der Waals surface area contributed by atoms with Gasteiger partial charge in [-0.05, 0) is 56.4 Å². The number of amides is 1. The summed E-state index contributed by atoms with van der Waals surface area (Å²) in [5.41, 5.74) is 3.37. The summed E-state index contributed by atoms with van der Waals surface area (Å²) in [4.78, 5) is 14.7. The Labute approximate surface area is 148 Å². The van der Waals surface area contributed by atoms with E-state index < -0.39 is 0 Å². The minimum absolute atomic E-state index is 0.117. The second-order valence-electron chi connectivity index (χ2n) is 7.10. The summed E-state index contributed by atoms with van der Waals surface area (Å²) in [6.07, 6.45) is 1.20. The zero-order valence-electron chi connectivity index (χ0n) is 14.7. The van der Waals surface area contributed by atoms with Crippen molar-refractivity contribution >= 4 is 17.5 Å². The number of carbonyl (C=O) groups excluding carboxylic acids is 1. The van der Waals surface area contributed by atoms with Crippen molar-refractivity contribution in [2.75, 3.05) is 13.1 Å². The molecule has 0 saturated carbocycles. The Kier molecular flexibility index (Phi) is 4.68. The molecule has 0 spiro atoms. The highest BCUT2D eigenvalue weighted by Gasteiger charge is 2.26. The molecule has 0 N–H and O–H groups in total. The number of carbonyl (C=O) groups is 1. The molecule has 1 aromatic heterocycles. The second kappa shape index (κ2) is 6.60. The Morgan fingerprint density at radius 3 is 2.21 bits per heavy atom. The maximum atomic E-state index is 12.7. The normalized spacial score (nSPS) is 21.1. The van der Waals surface area contributed by atoms with Crippen LogP contribution in [-0.4, -0.2) is 33.7 Å². The van der Waals surface area contributed by atoms with Crippen molar-refractivity contribution < 1.29 is 4.79 Å². The van der Waals surface area contributed by atoms with Crippen LogP contribution in [0.25, 0.3) is 5.69 Å². The average Bonchev–Trinajstić information content (AvgIpc) is 2.81. The van der Waals surface area contributed by atoms with Gasteiger partial charge in [0.2, 0.25) is 0 Å². The van der Waals surface area contributed by atoms with Crippen molar-refractivity contribution in [3.8, 4) is 5.69 Å². The van der Waals surface area contributed by atoms with E-state index in [1.165, 1.54) is 6.42 Å². The first-order chi connectivity index (χ1) is 11.4. The summed E-state index contributed by atoms with van der Waals surface area (Å²) in [5.74, 6) is 1.24. The van der Waals surface area contributed by atoms with E-state index in [4.69, 9.17) is 11.6 Å². The van der Waals surface area contributed by atoms with Crippen LogP contribution in [0, 0.1) is 25.7 Å². The molecule has 1 saturated heterocycles. The van der Waals surface area contributed by atoms with Crippen LogP contribution in [0.5, 0.6) is 0 Å². The summed E-state index contributed by atoms with van der Waals surface area (Å²) >= 11 is 6.21. The van der Waals surface area contributed by atoms with Gasteiger partial charge in [0.25, 0.3) is 5.91 Å². The lowest BCUT2D eigenvalue weighted by atomic mass is 9.91. The molecule has 0 aliphatic carbocycles. The van der Waals surface area contributed by atoms with Gasteiger partial charge in [0.15, 0.2) is 0 Å². The van der Waals surface area contributed by atoms with E-state index >= 15 is 0 Å². The summed E-state index contributed by atoms with van der Waals surface area (Å²) in [6.45, 7) is 9.95. The topological polar surface area (TPSA) is 38.1 Å². The lowest BCUT2D eigenvalue weighted by molar-refractivity contribution is 0.0623. The predicted octanol–water partition coefficient (Wildman–Crippen LogP) is 4.26. The summed E-state index contributed by atoms with van der Waals surface area (Å²) in [5, 5.41) is 5.14. The Morgan fingerprint density at radius 2 is 1.71 bits per heavy atom. The average molecular weight is 346 g/mol. The van der Waals surface area contributed by atoms with Crippen molar-refractivity contribution in [3.05, 3.63) is 46.2 Å². The van der Waals surface area contributed by atoms with Gasteiger partial charge in [0, 0.05) is 18.7 Å². The monoisotopic (exact) mass is 345 g/mol. The van der Waals surface area contributed by atoms with E-state index in [9.17, 15) is 4.79 Å². The molecule has 0 unspecified atom stereocenters. The SMILES string of the molecule is Cc1nn(-c2ccc(C(=O)N3C[C@@H](C)C[C@H](C)C3)cc2)c(C)c1Cl. The molecule has 2 aromatic rings. The minimum atomic E-state index is 0.117. The molecule has 0 bridgehead atoms. The fraction of sp³-hybridized carbons (Fsp3) is 0.474. The lowest BCUT2D eigenvalue weighted by Gasteiger charge is -2.35. The number of nitrogens with zero attached hydrogens (tertiary/aromatic N) is 3. The molecule has 1 aliphatic heterocycles. The van der Waals surface area contributed by atoms with E-state index in [0.29, 0.717) is 16.9 Å². The number of aryl methyl sites for hydroxylation is 1. The number of rotatable bonds is 2. The molecule has 2 atom stereocenters. The number of benzene rings is 1. The van der Waals surface area contributed by atoms with E-state index in [2.05, 4.69) is 18.9 Å². The third-order valence-electron chi connectivity index (χ3n) is 4.72. The van der Waals surface area contributed by atoms with Crippen molar-refractivity contribution in [2.24, 2.45) is 11.8 Å². The van der Waals surface area contributed by atoms with E-state index in [1.54, 1.807) is 0 Å². The lowest BCUT2D eigenvalue weighted by Crippen LogP contribution is -2.42. The molecule has 1 aromatic carbocycles. The molecule has 128 valence electrons. The number of hydrogen-bond acceptors (Lipinski definition) is 2. The Hall–Kier alpha value is -1.81. The zero-order chi connectivity index (χ0) is 17.4. The molecule has 24 heavy (non-hydrogen) atoms. The third-order valence-corrected chi connectivity index (χ3v) is 5.26. The van der Waals surface area contributed by atoms with Crippen LogP contribution in [0.1, 0.15) is 42.0 Å². The first-order valence-electron chi connectivity index (χ1n) is 8.48. The minimum Gasteiger partial charge on any atom is -0.338 e. The summed E-state index contributed by atoms with van der Waals surface area (Å²) in [6, 6.07) is 7.62. The van der Waals surface area contributed by atoms with Gasteiger partial charge in [-0.2, -0.15) is 5.10 Å². The maximum Gasteiger partial charge on any atom is 0.253 e.